The lowest BCUT2D eigenvalue weighted by Crippen LogP contribution is -2.59. The zero-order chi connectivity index (χ0) is 26.7. The van der Waals surface area contributed by atoms with Crippen molar-refractivity contribution >= 4 is 29.3 Å². The highest BCUT2D eigenvalue weighted by molar-refractivity contribution is 6.30. The molecule has 38 heavy (non-hydrogen) atoms. The summed E-state index contributed by atoms with van der Waals surface area (Å²) < 4.78 is 16.8. The predicted octanol–water partition coefficient (Wildman–Crippen LogP) is 3.73. The zero-order valence-electron chi connectivity index (χ0n) is 20.9. The van der Waals surface area contributed by atoms with E-state index in [4.69, 9.17) is 25.5 Å². The van der Waals surface area contributed by atoms with Crippen LogP contribution in [0.4, 0.5) is 0 Å². The van der Waals surface area contributed by atoms with Gasteiger partial charge < -0.3 is 24.1 Å². The number of likely N-dealkylation sites (tertiary alicyclic amines) is 1. The number of hydrogen-bond acceptors (Lipinski definition) is 6. The van der Waals surface area contributed by atoms with Crippen molar-refractivity contribution in [2.75, 3.05) is 26.8 Å². The number of ether oxygens (including phenoxy) is 2. The van der Waals surface area contributed by atoms with E-state index in [1.165, 1.54) is 6.26 Å². The van der Waals surface area contributed by atoms with Crippen LogP contribution in [-0.4, -0.2) is 66.1 Å². The molecule has 3 heterocycles. The number of methoxy groups -OCH3 is 1. The molecule has 1 N–H and O–H groups in total. The molecule has 10 heteroatoms. The van der Waals surface area contributed by atoms with Gasteiger partial charge in [0.25, 0.3) is 11.8 Å². The predicted molar refractivity (Wildman–Crippen MR) is 139 cm³/mol. The first kappa shape index (κ1) is 25.8. The molecule has 2 aliphatic rings. The summed E-state index contributed by atoms with van der Waals surface area (Å²) in [6.07, 6.45) is 2.26. The van der Waals surface area contributed by atoms with Gasteiger partial charge in [0.1, 0.15) is 23.3 Å². The van der Waals surface area contributed by atoms with Crippen molar-refractivity contribution in [3.8, 4) is 5.75 Å². The summed E-state index contributed by atoms with van der Waals surface area (Å²) in [6, 6.07) is 16.2. The third-order valence-electron chi connectivity index (χ3n) is 7.04. The third-order valence-corrected chi connectivity index (χ3v) is 7.27. The quantitative estimate of drug-likeness (QED) is 0.514. The number of rotatable bonds is 6. The van der Waals surface area contributed by atoms with E-state index in [0.29, 0.717) is 53.6 Å². The Morgan fingerprint density at radius 2 is 1.79 bits per heavy atom. The Balaban J connectivity index is 1.37. The van der Waals surface area contributed by atoms with E-state index in [0.717, 1.165) is 0 Å². The van der Waals surface area contributed by atoms with Crippen molar-refractivity contribution in [1.29, 1.82) is 0 Å². The van der Waals surface area contributed by atoms with E-state index in [1.54, 1.807) is 77.6 Å². The van der Waals surface area contributed by atoms with Gasteiger partial charge in [-0.1, -0.05) is 17.7 Å². The molecule has 1 atom stereocenters. The number of furan rings is 1. The minimum atomic E-state index is -1.02. The van der Waals surface area contributed by atoms with Crippen molar-refractivity contribution in [3.63, 3.8) is 0 Å². The maximum absolute atomic E-state index is 13.9. The van der Waals surface area contributed by atoms with Gasteiger partial charge in [0.15, 0.2) is 0 Å². The largest absolute Gasteiger partial charge is 0.497 e. The second-order valence-corrected chi connectivity index (χ2v) is 9.71. The topological polar surface area (TPSA) is 101 Å². The van der Waals surface area contributed by atoms with Gasteiger partial charge >= 0.3 is 0 Å². The van der Waals surface area contributed by atoms with Crippen molar-refractivity contribution in [2.45, 2.75) is 31.2 Å². The molecule has 2 aromatic carbocycles. The lowest BCUT2D eigenvalue weighted by atomic mass is 9.96. The maximum Gasteiger partial charge on any atom is 0.256 e. The van der Waals surface area contributed by atoms with Gasteiger partial charge in [-0.05, 0) is 54.6 Å². The summed E-state index contributed by atoms with van der Waals surface area (Å²) in [7, 11) is 1.55. The van der Waals surface area contributed by atoms with Gasteiger partial charge in [-0.3, -0.25) is 19.3 Å². The molecule has 2 saturated heterocycles. The van der Waals surface area contributed by atoms with E-state index in [9.17, 15) is 14.4 Å². The summed E-state index contributed by atoms with van der Waals surface area (Å²) in [5, 5.41) is 3.34. The van der Waals surface area contributed by atoms with Gasteiger partial charge in [0.05, 0.1) is 26.5 Å². The Kier molecular flexibility index (Phi) is 7.40. The number of carbonyl (C=O) groups is 3. The fourth-order valence-corrected chi connectivity index (χ4v) is 5.20. The number of nitrogens with zero attached hydrogens (tertiary/aromatic N) is 2. The molecule has 5 rings (SSSR count). The number of piperidine rings is 1. The number of hydrogen-bond donors (Lipinski definition) is 1. The molecule has 9 nitrogen and oxygen atoms in total. The normalized spacial score (nSPS) is 18.4. The van der Waals surface area contributed by atoms with Crippen molar-refractivity contribution in [1.82, 2.24) is 15.1 Å². The van der Waals surface area contributed by atoms with Crippen LogP contribution in [0.2, 0.25) is 5.02 Å². The second kappa shape index (κ2) is 10.9. The standard InChI is InChI=1S/C28H28ClN3O6/c1-36-22-9-7-19(8-10-22)27(35)32-24(25(33)30-17-23-6-3-15-37-23)18-38-28(32)11-13-31(14-12-28)26(34)20-4-2-5-21(29)16-20/h2-10,15-16,24H,11-14,17-18H2,1H3,(H,30,33)/t24-/m1/s1. The highest BCUT2D eigenvalue weighted by atomic mass is 35.5. The van der Waals surface area contributed by atoms with Gasteiger partial charge in [0.2, 0.25) is 5.91 Å². The van der Waals surface area contributed by atoms with Crippen LogP contribution in [0.5, 0.6) is 5.75 Å². The van der Waals surface area contributed by atoms with Crippen molar-refractivity contribution in [3.05, 3.63) is 88.8 Å². The van der Waals surface area contributed by atoms with Crippen molar-refractivity contribution < 1.29 is 28.3 Å². The molecule has 1 spiro atoms. The number of halogens is 1. The van der Waals surface area contributed by atoms with E-state index >= 15 is 0 Å². The average Bonchev–Trinajstić information content (AvgIpc) is 3.60. The molecule has 2 fully saturated rings. The van der Waals surface area contributed by atoms with Gasteiger partial charge in [0, 0.05) is 42.1 Å². The Labute approximate surface area is 225 Å². The zero-order valence-corrected chi connectivity index (χ0v) is 21.6. The molecule has 0 saturated carbocycles. The minimum Gasteiger partial charge on any atom is -0.497 e. The molecule has 0 unspecified atom stereocenters. The van der Waals surface area contributed by atoms with E-state index in [1.807, 2.05) is 0 Å². The third kappa shape index (κ3) is 5.12. The molecular formula is C28H28ClN3O6. The molecule has 198 valence electrons. The van der Waals surface area contributed by atoms with Crippen LogP contribution in [-0.2, 0) is 16.1 Å². The molecule has 1 aromatic heterocycles. The Bertz CT molecular complexity index is 1300. The maximum atomic E-state index is 13.9. The van der Waals surface area contributed by atoms with Gasteiger partial charge in [-0.2, -0.15) is 0 Å². The molecule has 0 radical (unpaired) electrons. The molecule has 3 aromatic rings. The number of amides is 3. The van der Waals surface area contributed by atoms with Gasteiger partial charge in [-0.25, -0.2) is 0 Å². The molecule has 3 amide bonds. The summed E-state index contributed by atoms with van der Waals surface area (Å²) in [5.74, 6) is 0.430. The van der Waals surface area contributed by atoms with Gasteiger partial charge in [-0.15, -0.1) is 0 Å². The van der Waals surface area contributed by atoms with Crippen LogP contribution in [0.3, 0.4) is 0 Å². The van der Waals surface area contributed by atoms with E-state index < -0.39 is 11.8 Å². The smallest absolute Gasteiger partial charge is 0.256 e. The van der Waals surface area contributed by atoms with E-state index in [2.05, 4.69) is 5.32 Å². The average molecular weight is 538 g/mol. The first-order valence-corrected chi connectivity index (χ1v) is 12.7. The molecular weight excluding hydrogens is 510 g/mol. The Morgan fingerprint density at radius 1 is 1.03 bits per heavy atom. The molecule has 2 aliphatic heterocycles. The van der Waals surface area contributed by atoms with E-state index in [-0.39, 0.29) is 30.9 Å². The summed E-state index contributed by atoms with van der Waals surface area (Å²) in [4.78, 5) is 43.5. The van der Waals surface area contributed by atoms with Crippen LogP contribution in [0.15, 0.2) is 71.3 Å². The lowest BCUT2D eigenvalue weighted by Gasteiger charge is -2.44. The summed E-state index contributed by atoms with van der Waals surface area (Å²) >= 11 is 6.07. The molecule has 0 aliphatic carbocycles. The number of carbonyl (C=O) groups excluding carboxylic acids is 3. The van der Waals surface area contributed by atoms with Crippen LogP contribution in [0.1, 0.15) is 39.3 Å². The fourth-order valence-electron chi connectivity index (χ4n) is 5.01. The number of benzene rings is 2. The number of nitrogens with one attached hydrogen (secondary N) is 1. The summed E-state index contributed by atoms with van der Waals surface area (Å²) in [5.41, 5.74) is -0.103. The van der Waals surface area contributed by atoms with Crippen molar-refractivity contribution in [2.24, 2.45) is 0 Å². The monoisotopic (exact) mass is 537 g/mol. The minimum absolute atomic E-state index is 0.0497. The fraction of sp³-hybridized carbons (Fsp3) is 0.321. The summed E-state index contributed by atoms with van der Waals surface area (Å²) in [6.45, 7) is 0.965. The first-order valence-electron chi connectivity index (χ1n) is 12.4. The lowest BCUT2D eigenvalue weighted by molar-refractivity contribution is -0.128. The highest BCUT2D eigenvalue weighted by Gasteiger charge is 2.54. The Morgan fingerprint density at radius 3 is 2.45 bits per heavy atom. The first-order chi connectivity index (χ1) is 18.4. The highest BCUT2D eigenvalue weighted by Crippen LogP contribution is 2.39. The van der Waals surface area contributed by atoms with Crippen LogP contribution < -0.4 is 10.1 Å². The van der Waals surface area contributed by atoms with Crippen LogP contribution in [0.25, 0.3) is 0 Å². The Hall–Kier alpha value is -3.82. The second-order valence-electron chi connectivity index (χ2n) is 9.28. The SMILES string of the molecule is COc1ccc(C(=O)N2[C@@H](C(=O)NCc3ccco3)COC23CCN(C(=O)c2cccc(Cl)c2)CC3)cc1. The van der Waals surface area contributed by atoms with Crippen LogP contribution in [0, 0.1) is 0 Å². The van der Waals surface area contributed by atoms with Crippen LogP contribution >= 0.6 is 11.6 Å². The molecule has 0 bridgehead atoms.